The van der Waals surface area contributed by atoms with Crippen molar-refractivity contribution < 1.29 is 13.5 Å². The molecule has 7 heteroatoms. The summed E-state index contributed by atoms with van der Waals surface area (Å²) in [6.07, 6.45) is 4.76. The molecule has 0 aromatic heterocycles. The standard InChI is InChI=1S/C15H21F2N3O.HI/c16-13-6-5-12(11-14(13)17)21-10-7-19-15(18)20-8-3-1-2-4-9-20;/h5-6,11H,1-4,7-10H2,(H2,18,19);1H. The van der Waals surface area contributed by atoms with E-state index < -0.39 is 11.6 Å². The summed E-state index contributed by atoms with van der Waals surface area (Å²) in [6, 6.07) is 3.46. The molecule has 0 amide bonds. The number of halogens is 3. The van der Waals surface area contributed by atoms with Gasteiger partial charge in [-0.05, 0) is 25.0 Å². The Morgan fingerprint density at radius 1 is 1.14 bits per heavy atom. The van der Waals surface area contributed by atoms with Gasteiger partial charge in [-0.2, -0.15) is 0 Å². The maximum absolute atomic E-state index is 13.0. The Morgan fingerprint density at radius 2 is 1.82 bits per heavy atom. The summed E-state index contributed by atoms with van der Waals surface area (Å²) >= 11 is 0. The molecule has 0 spiro atoms. The lowest BCUT2D eigenvalue weighted by Crippen LogP contribution is -2.38. The molecule has 0 bridgehead atoms. The molecule has 0 saturated carbocycles. The van der Waals surface area contributed by atoms with Gasteiger partial charge in [-0.3, -0.25) is 0 Å². The fourth-order valence-electron chi connectivity index (χ4n) is 2.29. The summed E-state index contributed by atoms with van der Waals surface area (Å²) in [5, 5.41) is 0. The Balaban J connectivity index is 0.00000242. The van der Waals surface area contributed by atoms with Crippen LogP contribution in [-0.2, 0) is 0 Å². The molecular formula is C15H22F2IN3O. The number of nitrogens with two attached hydrogens (primary N) is 1. The predicted molar refractivity (Wildman–Crippen MR) is 93.8 cm³/mol. The third kappa shape index (κ3) is 5.94. The number of nitrogens with zero attached hydrogens (tertiary/aromatic N) is 2. The lowest BCUT2D eigenvalue weighted by Gasteiger charge is -2.21. The van der Waals surface area contributed by atoms with Crippen molar-refractivity contribution in [1.29, 1.82) is 0 Å². The van der Waals surface area contributed by atoms with Crippen molar-refractivity contribution in [2.45, 2.75) is 25.7 Å². The molecule has 1 aromatic carbocycles. The van der Waals surface area contributed by atoms with Gasteiger partial charge in [0.2, 0.25) is 0 Å². The first-order valence-electron chi connectivity index (χ1n) is 7.29. The van der Waals surface area contributed by atoms with Crippen LogP contribution < -0.4 is 10.5 Å². The minimum atomic E-state index is -0.917. The first-order valence-corrected chi connectivity index (χ1v) is 7.29. The van der Waals surface area contributed by atoms with Gasteiger partial charge in [-0.25, -0.2) is 13.8 Å². The Morgan fingerprint density at radius 3 is 2.45 bits per heavy atom. The molecule has 0 radical (unpaired) electrons. The van der Waals surface area contributed by atoms with E-state index in [1.54, 1.807) is 0 Å². The second-order valence-corrected chi connectivity index (χ2v) is 5.07. The van der Waals surface area contributed by atoms with E-state index in [0.29, 0.717) is 12.5 Å². The Labute approximate surface area is 146 Å². The zero-order valence-electron chi connectivity index (χ0n) is 12.4. The lowest BCUT2D eigenvalue weighted by molar-refractivity contribution is 0.324. The van der Waals surface area contributed by atoms with Crippen LogP contribution in [0.5, 0.6) is 5.75 Å². The number of hydrogen-bond donors (Lipinski definition) is 1. The number of likely N-dealkylation sites (tertiary alicyclic amines) is 1. The van der Waals surface area contributed by atoms with Gasteiger partial charge in [0, 0.05) is 19.2 Å². The van der Waals surface area contributed by atoms with Crippen LogP contribution >= 0.6 is 24.0 Å². The molecule has 1 saturated heterocycles. The first kappa shape index (κ1) is 18.9. The Kier molecular flexibility index (Phi) is 8.44. The Bertz CT molecular complexity index is 492. The third-order valence-corrected chi connectivity index (χ3v) is 3.45. The molecule has 2 rings (SSSR count). The van der Waals surface area contributed by atoms with Crippen LogP contribution in [0.1, 0.15) is 25.7 Å². The first-order chi connectivity index (χ1) is 10.2. The minimum Gasteiger partial charge on any atom is -0.492 e. The van der Waals surface area contributed by atoms with Gasteiger partial charge in [-0.1, -0.05) is 12.8 Å². The molecule has 1 aromatic rings. The highest BCUT2D eigenvalue weighted by molar-refractivity contribution is 14.0. The summed E-state index contributed by atoms with van der Waals surface area (Å²) in [5.41, 5.74) is 5.95. The maximum atomic E-state index is 13.0. The molecule has 4 nitrogen and oxygen atoms in total. The monoisotopic (exact) mass is 425 g/mol. The number of rotatable bonds is 4. The fraction of sp³-hybridized carbons (Fsp3) is 0.533. The van der Waals surface area contributed by atoms with Crippen molar-refractivity contribution in [2.75, 3.05) is 26.2 Å². The fourth-order valence-corrected chi connectivity index (χ4v) is 2.29. The van der Waals surface area contributed by atoms with Crippen LogP contribution in [0, 0.1) is 11.6 Å². The predicted octanol–water partition coefficient (Wildman–Crippen LogP) is 3.15. The highest BCUT2D eigenvalue weighted by atomic mass is 127. The molecule has 0 unspecified atom stereocenters. The third-order valence-electron chi connectivity index (χ3n) is 3.45. The second kappa shape index (κ2) is 9.81. The summed E-state index contributed by atoms with van der Waals surface area (Å²) in [4.78, 5) is 6.36. The van der Waals surface area contributed by atoms with E-state index in [-0.39, 0.29) is 36.3 Å². The number of benzene rings is 1. The van der Waals surface area contributed by atoms with E-state index in [1.807, 2.05) is 0 Å². The van der Waals surface area contributed by atoms with Gasteiger partial charge in [0.05, 0.1) is 6.54 Å². The summed E-state index contributed by atoms with van der Waals surface area (Å²) in [5.74, 6) is -0.978. The Hall–Kier alpha value is -1.12. The lowest BCUT2D eigenvalue weighted by atomic mass is 10.2. The smallest absolute Gasteiger partial charge is 0.191 e. The van der Waals surface area contributed by atoms with Crippen LogP contribution in [0.25, 0.3) is 0 Å². The number of ether oxygens (including phenoxy) is 1. The maximum Gasteiger partial charge on any atom is 0.191 e. The number of guanidine groups is 1. The average molecular weight is 425 g/mol. The minimum absolute atomic E-state index is 0. The molecule has 1 fully saturated rings. The van der Waals surface area contributed by atoms with Crippen molar-refractivity contribution in [3.63, 3.8) is 0 Å². The molecule has 124 valence electrons. The molecule has 1 aliphatic heterocycles. The van der Waals surface area contributed by atoms with Crippen LogP contribution in [0.3, 0.4) is 0 Å². The zero-order valence-corrected chi connectivity index (χ0v) is 14.8. The van der Waals surface area contributed by atoms with E-state index in [4.69, 9.17) is 10.5 Å². The normalized spacial score (nSPS) is 15.9. The highest BCUT2D eigenvalue weighted by Crippen LogP contribution is 2.15. The molecule has 0 atom stereocenters. The van der Waals surface area contributed by atoms with Gasteiger partial charge >= 0.3 is 0 Å². The van der Waals surface area contributed by atoms with Gasteiger partial charge in [0.15, 0.2) is 17.6 Å². The van der Waals surface area contributed by atoms with Crippen LogP contribution in [0.4, 0.5) is 8.78 Å². The van der Waals surface area contributed by atoms with E-state index in [0.717, 1.165) is 38.1 Å². The van der Waals surface area contributed by atoms with Gasteiger partial charge in [-0.15, -0.1) is 24.0 Å². The second-order valence-electron chi connectivity index (χ2n) is 5.07. The molecule has 1 aliphatic rings. The van der Waals surface area contributed by atoms with E-state index in [2.05, 4.69) is 9.89 Å². The zero-order chi connectivity index (χ0) is 15.1. The highest BCUT2D eigenvalue weighted by Gasteiger charge is 2.10. The van der Waals surface area contributed by atoms with E-state index in [1.165, 1.54) is 18.9 Å². The van der Waals surface area contributed by atoms with E-state index in [9.17, 15) is 8.78 Å². The largest absolute Gasteiger partial charge is 0.492 e. The average Bonchev–Trinajstić information content (AvgIpc) is 2.76. The van der Waals surface area contributed by atoms with Gasteiger partial charge in [0.25, 0.3) is 0 Å². The van der Waals surface area contributed by atoms with Crippen molar-refractivity contribution in [2.24, 2.45) is 10.7 Å². The van der Waals surface area contributed by atoms with Gasteiger partial charge in [0.1, 0.15) is 12.4 Å². The SMILES string of the molecule is I.NC(=NCCOc1ccc(F)c(F)c1)N1CCCCCC1. The number of hydrogen-bond acceptors (Lipinski definition) is 2. The molecule has 1 heterocycles. The summed E-state index contributed by atoms with van der Waals surface area (Å²) in [6.45, 7) is 2.56. The van der Waals surface area contributed by atoms with Crippen molar-refractivity contribution in [3.05, 3.63) is 29.8 Å². The summed E-state index contributed by atoms with van der Waals surface area (Å²) in [7, 11) is 0. The topological polar surface area (TPSA) is 50.9 Å². The summed E-state index contributed by atoms with van der Waals surface area (Å²) < 4.78 is 31.1. The quantitative estimate of drug-likeness (QED) is 0.349. The van der Waals surface area contributed by atoms with Crippen molar-refractivity contribution >= 4 is 29.9 Å². The molecule has 0 aliphatic carbocycles. The van der Waals surface area contributed by atoms with Crippen LogP contribution in [-0.4, -0.2) is 37.1 Å². The molecule has 2 N–H and O–H groups in total. The van der Waals surface area contributed by atoms with Crippen LogP contribution in [0.15, 0.2) is 23.2 Å². The molecule has 22 heavy (non-hydrogen) atoms. The number of aliphatic imine (C=N–C) groups is 1. The van der Waals surface area contributed by atoms with Gasteiger partial charge < -0.3 is 15.4 Å². The van der Waals surface area contributed by atoms with Crippen LogP contribution in [0.2, 0.25) is 0 Å². The van der Waals surface area contributed by atoms with Crippen molar-refractivity contribution in [3.8, 4) is 5.75 Å². The van der Waals surface area contributed by atoms with Crippen molar-refractivity contribution in [1.82, 2.24) is 4.90 Å². The molecular weight excluding hydrogens is 403 g/mol. The van der Waals surface area contributed by atoms with E-state index >= 15 is 0 Å².